The van der Waals surface area contributed by atoms with Crippen LogP contribution in [-0.2, 0) is 16.6 Å². The maximum absolute atomic E-state index is 12.1. The summed E-state index contributed by atoms with van der Waals surface area (Å²) in [5.41, 5.74) is 1.42. The number of aryl methyl sites for hydroxylation is 2. The van der Waals surface area contributed by atoms with Crippen LogP contribution in [0.15, 0.2) is 12.4 Å². The average Bonchev–Trinajstić information content (AvgIpc) is 3.05. The largest absolute Gasteiger partial charge is 0.479 e. The summed E-state index contributed by atoms with van der Waals surface area (Å²) < 4.78 is 6.42. The fraction of sp³-hybridized carbons (Fsp3) is 0.385. The molecule has 0 aliphatic heterocycles. The van der Waals surface area contributed by atoms with E-state index in [0.29, 0.717) is 15.6 Å². The van der Waals surface area contributed by atoms with Gasteiger partial charge >= 0.3 is 5.97 Å². The van der Waals surface area contributed by atoms with Crippen molar-refractivity contribution in [2.75, 3.05) is 13.7 Å². The highest BCUT2D eigenvalue weighted by Gasteiger charge is 2.21. The highest BCUT2D eigenvalue weighted by molar-refractivity contribution is 7.17. The summed E-state index contributed by atoms with van der Waals surface area (Å²) >= 11 is 1.24. The second-order valence-corrected chi connectivity index (χ2v) is 5.61. The third kappa shape index (κ3) is 3.49. The van der Waals surface area contributed by atoms with Gasteiger partial charge in [-0.15, -0.1) is 11.3 Å². The number of aromatic nitrogens is 3. The Labute approximate surface area is 130 Å². The van der Waals surface area contributed by atoms with E-state index >= 15 is 0 Å². The highest BCUT2D eigenvalue weighted by atomic mass is 32.1. The van der Waals surface area contributed by atoms with Gasteiger partial charge < -0.3 is 15.2 Å². The zero-order chi connectivity index (χ0) is 16.3. The lowest BCUT2D eigenvalue weighted by molar-refractivity contribution is -0.147. The Morgan fingerprint density at radius 3 is 2.82 bits per heavy atom. The average molecular weight is 324 g/mol. The van der Waals surface area contributed by atoms with Gasteiger partial charge in [-0.1, -0.05) is 0 Å². The number of rotatable bonds is 6. The van der Waals surface area contributed by atoms with Crippen LogP contribution >= 0.6 is 11.3 Å². The monoisotopic (exact) mass is 324 g/mol. The van der Waals surface area contributed by atoms with E-state index < -0.39 is 12.1 Å². The van der Waals surface area contributed by atoms with E-state index in [1.165, 1.54) is 18.4 Å². The fourth-order valence-corrected chi connectivity index (χ4v) is 2.76. The molecule has 2 N–H and O–H groups in total. The van der Waals surface area contributed by atoms with E-state index in [2.05, 4.69) is 15.4 Å². The van der Waals surface area contributed by atoms with Gasteiger partial charge in [-0.3, -0.25) is 9.48 Å². The predicted molar refractivity (Wildman–Crippen MR) is 79.8 cm³/mol. The number of carbonyl (C=O) groups is 2. The molecule has 2 aromatic heterocycles. The van der Waals surface area contributed by atoms with Crippen LogP contribution in [0.4, 0.5) is 0 Å². The SMILES string of the molecule is COC(CNC(=O)c1sc(-c2cnn(C)c2)nc1C)C(=O)O. The van der Waals surface area contributed by atoms with Crippen molar-refractivity contribution >= 4 is 23.2 Å². The van der Waals surface area contributed by atoms with Crippen molar-refractivity contribution in [2.45, 2.75) is 13.0 Å². The van der Waals surface area contributed by atoms with Crippen molar-refractivity contribution in [2.24, 2.45) is 7.05 Å². The first kappa shape index (κ1) is 16.1. The summed E-state index contributed by atoms with van der Waals surface area (Å²) in [6.45, 7) is 1.63. The molecule has 0 radical (unpaired) electrons. The number of carboxylic acid groups (broad SMARTS) is 1. The Bertz CT molecular complexity index is 694. The first-order valence-electron chi connectivity index (χ1n) is 6.42. The van der Waals surface area contributed by atoms with Crippen LogP contribution in [-0.4, -0.2) is 51.5 Å². The molecule has 1 amide bonds. The molecule has 2 aromatic rings. The molecular weight excluding hydrogens is 308 g/mol. The fourth-order valence-electron chi connectivity index (χ4n) is 1.80. The summed E-state index contributed by atoms with van der Waals surface area (Å²) in [4.78, 5) is 27.8. The molecule has 9 heteroatoms. The lowest BCUT2D eigenvalue weighted by Gasteiger charge is -2.10. The molecule has 22 heavy (non-hydrogen) atoms. The molecule has 0 aliphatic rings. The van der Waals surface area contributed by atoms with Crippen molar-refractivity contribution in [1.29, 1.82) is 0 Å². The summed E-state index contributed by atoms with van der Waals surface area (Å²) in [7, 11) is 3.08. The Hall–Kier alpha value is -2.26. The molecule has 0 saturated carbocycles. The zero-order valence-electron chi connectivity index (χ0n) is 12.4. The minimum absolute atomic E-state index is 0.107. The lowest BCUT2D eigenvalue weighted by atomic mass is 10.3. The molecule has 0 spiro atoms. The third-order valence-electron chi connectivity index (χ3n) is 2.96. The van der Waals surface area contributed by atoms with Crippen LogP contribution in [0, 0.1) is 6.92 Å². The number of thiazole rings is 1. The Morgan fingerprint density at radius 1 is 1.55 bits per heavy atom. The van der Waals surface area contributed by atoms with Crippen LogP contribution in [0.1, 0.15) is 15.4 Å². The molecule has 118 valence electrons. The number of aliphatic carboxylic acids is 1. The van der Waals surface area contributed by atoms with Gasteiger partial charge in [0, 0.05) is 25.9 Å². The topological polar surface area (TPSA) is 106 Å². The van der Waals surface area contributed by atoms with Crippen LogP contribution in [0.2, 0.25) is 0 Å². The number of ether oxygens (including phenoxy) is 1. The Kier molecular flexibility index (Phi) is 4.88. The van der Waals surface area contributed by atoms with Crippen molar-refractivity contribution in [3.63, 3.8) is 0 Å². The van der Waals surface area contributed by atoms with Gasteiger partial charge in [0.2, 0.25) is 0 Å². The molecule has 1 unspecified atom stereocenters. The van der Waals surface area contributed by atoms with Crippen LogP contribution in [0.3, 0.4) is 0 Å². The maximum atomic E-state index is 12.1. The molecule has 8 nitrogen and oxygen atoms in total. The van der Waals surface area contributed by atoms with Crippen molar-refractivity contribution < 1.29 is 19.4 Å². The minimum atomic E-state index is -1.13. The van der Waals surface area contributed by atoms with Gasteiger partial charge in [0.1, 0.15) is 9.88 Å². The van der Waals surface area contributed by atoms with Gasteiger partial charge in [0.05, 0.1) is 18.4 Å². The Balaban J connectivity index is 2.10. The molecule has 0 aliphatic carbocycles. The predicted octanol–water partition coefficient (Wildman–Crippen LogP) is 0.681. The first-order valence-corrected chi connectivity index (χ1v) is 7.24. The van der Waals surface area contributed by atoms with Gasteiger partial charge in [-0.2, -0.15) is 5.10 Å². The number of hydrogen-bond donors (Lipinski definition) is 2. The maximum Gasteiger partial charge on any atom is 0.334 e. The van der Waals surface area contributed by atoms with Crippen LogP contribution in [0.5, 0.6) is 0 Å². The number of nitrogens with zero attached hydrogens (tertiary/aromatic N) is 3. The standard InChI is InChI=1S/C13H16N4O4S/c1-7-10(11(18)14-5-9(21-3)13(19)20)22-12(16-7)8-4-15-17(2)6-8/h4,6,9H,5H2,1-3H3,(H,14,18)(H,19,20). The summed E-state index contributed by atoms with van der Waals surface area (Å²) in [6, 6.07) is 0. The summed E-state index contributed by atoms with van der Waals surface area (Å²) in [6.07, 6.45) is 2.41. The van der Waals surface area contributed by atoms with Gasteiger partial charge in [0.25, 0.3) is 5.91 Å². The number of amides is 1. The van der Waals surface area contributed by atoms with Gasteiger partial charge in [0.15, 0.2) is 6.10 Å². The van der Waals surface area contributed by atoms with Crippen LogP contribution in [0.25, 0.3) is 10.6 Å². The molecule has 0 saturated heterocycles. The first-order chi connectivity index (χ1) is 10.4. The molecule has 0 aromatic carbocycles. The van der Waals surface area contributed by atoms with E-state index in [-0.39, 0.29) is 12.5 Å². The second-order valence-electron chi connectivity index (χ2n) is 4.61. The zero-order valence-corrected chi connectivity index (χ0v) is 13.2. The van der Waals surface area contributed by atoms with E-state index in [4.69, 9.17) is 9.84 Å². The minimum Gasteiger partial charge on any atom is -0.479 e. The normalized spacial score (nSPS) is 12.1. The molecule has 2 heterocycles. The second kappa shape index (κ2) is 6.67. The van der Waals surface area contributed by atoms with E-state index in [9.17, 15) is 9.59 Å². The number of carbonyl (C=O) groups excluding carboxylic acids is 1. The molecule has 2 rings (SSSR count). The highest BCUT2D eigenvalue weighted by Crippen LogP contribution is 2.27. The number of carboxylic acids is 1. The van der Waals surface area contributed by atoms with E-state index in [1.807, 2.05) is 6.20 Å². The van der Waals surface area contributed by atoms with Crippen LogP contribution < -0.4 is 5.32 Å². The molecular formula is C13H16N4O4S. The molecule has 0 fully saturated rings. The molecule has 1 atom stereocenters. The lowest BCUT2D eigenvalue weighted by Crippen LogP contribution is -2.37. The van der Waals surface area contributed by atoms with Crippen molar-refractivity contribution in [3.8, 4) is 10.6 Å². The number of methoxy groups -OCH3 is 1. The summed E-state index contributed by atoms with van der Waals surface area (Å²) in [5, 5.41) is 16.2. The third-order valence-corrected chi connectivity index (χ3v) is 4.17. The van der Waals surface area contributed by atoms with E-state index in [0.717, 1.165) is 5.56 Å². The number of nitrogens with one attached hydrogen (secondary N) is 1. The van der Waals surface area contributed by atoms with Crippen molar-refractivity contribution in [3.05, 3.63) is 23.0 Å². The van der Waals surface area contributed by atoms with Crippen molar-refractivity contribution in [1.82, 2.24) is 20.1 Å². The van der Waals surface area contributed by atoms with E-state index in [1.54, 1.807) is 24.9 Å². The molecule has 0 bridgehead atoms. The Morgan fingerprint density at radius 2 is 2.27 bits per heavy atom. The number of hydrogen-bond acceptors (Lipinski definition) is 6. The smallest absolute Gasteiger partial charge is 0.334 e. The summed E-state index contributed by atoms with van der Waals surface area (Å²) in [5.74, 6) is -1.49. The van der Waals surface area contributed by atoms with Gasteiger partial charge in [-0.25, -0.2) is 9.78 Å². The van der Waals surface area contributed by atoms with Gasteiger partial charge in [-0.05, 0) is 6.92 Å². The quantitative estimate of drug-likeness (QED) is 0.809.